The van der Waals surface area contributed by atoms with Gasteiger partial charge in [0.2, 0.25) is 0 Å². The van der Waals surface area contributed by atoms with Crippen molar-refractivity contribution in [2.45, 2.75) is 25.2 Å². The van der Waals surface area contributed by atoms with E-state index in [1.54, 1.807) is 19.4 Å². The lowest BCUT2D eigenvalue weighted by molar-refractivity contribution is 0.0535. The Hall–Kier alpha value is -2.60. The Kier molecular flexibility index (Phi) is 5.42. The third-order valence-corrected chi connectivity index (χ3v) is 5.08. The van der Waals surface area contributed by atoms with E-state index in [0.717, 1.165) is 18.6 Å². The van der Waals surface area contributed by atoms with E-state index < -0.39 is 5.91 Å². The first-order chi connectivity index (χ1) is 12.6. The minimum Gasteiger partial charge on any atom is -0.496 e. The van der Waals surface area contributed by atoms with Gasteiger partial charge >= 0.3 is 0 Å². The van der Waals surface area contributed by atoms with Crippen LogP contribution in [0.5, 0.6) is 5.75 Å². The number of ether oxygens (including phenoxy) is 2. The summed E-state index contributed by atoms with van der Waals surface area (Å²) in [5.41, 5.74) is 8.78. The maximum absolute atomic E-state index is 11.7. The van der Waals surface area contributed by atoms with Crippen LogP contribution in [0.15, 0.2) is 36.7 Å². The van der Waals surface area contributed by atoms with Gasteiger partial charge in [-0.1, -0.05) is 17.7 Å². The van der Waals surface area contributed by atoms with E-state index >= 15 is 0 Å². The number of anilines is 1. The van der Waals surface area contributed by atoms with Gasteiger partial charge in [0.1, 0.15) is 5.75 Å². The molecule has 1 aromatic heterocycles. The van der Waals surface area contributed by atoms with E-state index in [4.69, 9.17) is 15.2 Å². The summed E-state index contributed by atoms with van der Waals surface area (Å²) < 4.78 is 11.3. The van der Waals surface area contributed by atoms with Gasteiger partial charge in [-0.05, 0) is 31.9 Å². The monoisotopic (exact) mass is 355 g/mol. The summed E-state index contributed by atoms with van der Waals surface area (Å²) in [4.78, 5) is 15.7. The molecule has 6 nitrogen and oxygen atoms in total. The lowest BCUT2D eigenvalue weighted by Crippen LogP contribution is -2.40. The fourth-order valence-electron chi connectivity index (χ4n) is 3.55. The maximum atomic E-state index is 11.7. The molecule has 138 valence electrons. The van der Waals surface area contributed by atoms with Crippen LogP contribution in [0.4, 0.5) is 5.69 Å². The number of carbonyl (C=O) groups excluding carboxylic acids is 1. The van der Waals surface area contributed by atoms with Crippen LogP contribution in [0.2, 0.25) is 0 Å². The number of carbonyl (C=O) groups is 1. The molecule has 3 N–H and O–H groups in total. The molecule has 3 rings (SSSR count). The molecule has 0 spiro atoms. The van der Waals surface area contributed by atoms with E-state index in [-0.39, 0.29) is 5.41 Å². The van der Waals surface area contributed by atoms with Crippen molar-refractivity contribution in [3.63, 3.8) is 0 Å². The maximum Gasteiger partial charge on any atom is 0.252 e. The van der Waals surface area contributed by atoms with Crippen molar-refractivity contribution in [1.29, 1.82) is 0 Å². The number of methoxy groups -OCH3 is 1. The molecule has 1 fully saturated rings. The molecule has 0 saturated carbocycles. The number of benzene rings is 1. The predicted octanol–water partition coefficient (Wildman–Crippen LogP) is 2.66. The van der Waals surface area contributed by atoms with Gasteiger partial charge < -0.3 is 20.5 Å². The summed E-state index contributed by atoms with van der Waals surface area (Å²) in [6.07, 6.45) is 4.89. The van der Waals surface area contributed by atoms with Crippen LogP contribution in [0.25, 0.3) is 0 Å². The van der Waals surface area contributed by atoms with Crippen molar-refractivity contribution < 1.29 is 14.3 Å². The molecule has 1 amide bonds. The molecule has 1 saturated heterocycles. The van der Waals surface area contributed by atoms with Crippen molar-refractivity contribution in [3.05, 3.63) is 53.3 Å². The zero-order valence-electron chi connectivity index (χ0n) is 15.2. The number of nitrogens with zero attached hydrogens (tertiary/aromatic N) is 1. The van der Waals surface area contributed by atoms with Gasteiger partial charge in [0.05, 0.1) is 18.4 Å². The number of hydrogen-bond donors (Lipinski definition) is 2. The largest absolute Gasteiger partial charge is 0.496 e. The lowest BCUT2D eigenvalue weighted by Gasteiger charge is -2.39. The standard InChI is InChI=1S/C20H25N3O3/c1-14-3-4-18(25-2)16(11-14)20(6-9-26-10-7-20)13-23-17-5-8-22-12-15(17)19(21)24/h3-5,8,11-12H,6-7,9-10,13H2,1-2H3,(H2,21,24)(H,22,23). The fourth-order valence-corrected chi connectivity index (χ4v) is 3.55. The molecule has 0 radical (unpaired) electrons. The number of nitrogens with two attached hydrogens (primary N) is 1. The van der Waals surface area contributed by atoms with Gasteiger partial charge in [0.15, 0.2) is 0 Å². The zero-order valence-corrected chi connectivity index (χ0v) is 15.2. The smallest absolute Gasteiger partial charge is 0.252 e. The number of amides is 1. The van der Waals surface area contributed by atoms with Crippen molar-refractivity contribution in [2.24, 2.45) is 5.73 Å². The van der Waals surface area contributed by atoms with E-state index in [0.29, 0.717) is 31.0 Å². The number of primary amides is 1. The minimum atomic E-state index is -0.491. The highest BCUT2D eigenvalue weighted by molar-refractivity contribution is 5.98. The number of aromatic nitrogens is 1. The first-order valence-corrected chi connectivity index (χ1v) is 8.76. The fraction of sp³-hybridized carbons (Fsp3) is 0.400. The summed E-state index contributed by atoms with van der Waals surface area (Å²) in [5, 5.41) is 3.42. The van der Waals surface area contributed by atoms with E-state index in [2.05, 4.69) is 29.4 Å². The third-order valence-electron chi connectivity index (χ3n) is 5.08. The molecule has 0 unspecified atom stereocenters. The van der Waals surface area contributed by atoms with Gasteiger partial charge in [0, 0.05) is 43.1 Å². The van der Waals surface area contributed by atoms with Gasteiger partial charge in [-0.2, -0.15) is 0 Å². The Morgan fingerprint density at radius 3 is 2.81 bits per heavy atom. The molecule has 2 heterocycles. The van der Waals surface area contributed by atoms with Crippen molar-refractivity contribution in [1.82, 2.24) is 4.98 Å². The Labute approximate surface area is 153 Å². The summed E-state index contributed by atoms with van der Waals surface area (Å²) in [5.74, 6) is 0.388. The molecule has 26 heavy (non-hydrogen) atoms. The average Bonchev–Trinajstić information content (AvgIpc) is 2.67. The van der Waals surface area contributed by atoms with Gasteiger partial charge in [-0.15, -0.1) is 0 Å². The molecule has 1 aromatic carbocycles. The summed E-state index contributed by atoms with van der Waals surface area (Å²) >= 11 is 0. The summed E-state index contributed by atoms with van der Waals surface area (Å²) in [7, 11) is 1.70. The van der Waals surface area contributed by atoms with Crippen molar-refractivity contribution >= 4 is 11.6 Å². The first kappa shape index (κ1) is 18.2. The quantitative estimate of drug-likeness (QED) is 0.832. The second-order valence-corrected chi connectivity index (χ2v) is 6.74. The predicted molar refractivity (Wildman–Crippen MR) is 101 cm³/mol. The Balaban J connectivity index is 1.95. The Morgan fingerprint density at radius 1 is 1.35 bits per heavy atom. The van der Waals surface area contributed by atoms with Crippen LogP contribution in [0.1, 0.15) is 34.3 Å². The SMILES string of the molecule is COc1ccc(C)cc1C1(CNc2ccncc2C(N)=O)CCOCC1. The number of rotatable bonds is 6. The molecule has 1 aliphatic rings. The molecular weight excluding hydrogens is 330 g/mol. The van der Waals surface area contributed by atoms with Gasteiger partial charge in [-0.3, -0.25) is 9.78 Å². The normalized spacial score (nSPS) is 16.1. The van der Waals surface area contributed by atoms with Crippen LogP contribution < -0.4 is 15.8 Å². The van der Waals surface area contributed by atoms with E-state index in [1.165, 1.54) is 17.3 Å². The number of nitrogens with one attached hydrogen (secondary N) is 1. The number of hydrogen-bond acceptors (Lipinski definition) is 5. The van der Waals surface area contributed by atoms with Crippen LogP contribution >= 0.6 is 0 Å². The van der Waals surface area contributed by atoms with Crippen molar-refractivity contribution in [2.75, 3.05) is 32.2 Å². The molecule has 2 aromatic rings. The first-order valence-electron chi connectivity index (χ1n) is 8.76. The average molecular weight is 355 g/mol. The second-order valence-electron chi connectivity index (χ2n) is 6.74. The van der Waals surface area contributed by atoms with Crippen LogP contribution in [-0.2, 0) is 10.2 Å². The summed E-state index contributed by atoms with van der Waals surface area (Å²) in [6.45, 7) is 4.12. The third kappa shape index (κ3) is 3.65. The minimum absolute atomic E-state index is 0.145. The highest BCUT2D eigenvalue weighted by Crippen LogP contribution is 2.40. The lowest BCUT2D eigenvalue weighted by atomic mass is 9.73. The molecule has 0 aliphatic carbocycles. The van der Waals surface area contributed by atoms with E-state index in [1.807, 2.05) is 6.07 Å². The highest BCUT2D eigenvalue weighted by Gasteiger charge is 2.37. The van der Waals surface area contributed by atoms with Crippen LogP contribution in [-0.4, -0.2) is 37.8 Å². The van der Waals surface area contributed by atoms with Crippen molar-refractivity contribution in [3.8, 4) is 5.75 Å². The molecule has 1 aliphatic heterocycles. The highest BCUT2D eigenvalue weighted by atomic mass is 16.5. The van der Waals surface area contributed by atoms with Crippen LogP contribution in [0.3, 0.4) is 0 Å². The molecule has 6 heteroatoms. The van der Waals surface area contributed by atoms with Gasteiger partial charge in [0.25, 0.3) is 5.91 Å². The zero-order chi connectivity index (χ0) is 18.6. The molecule has 0 atom stereocenters. The molecule has 0 bridgehead atoms. The topological polar surface area (TPSA) is 86.5 Å². The van der Waals surface area contributed by atoms with E-state index in [9.17, 15) is 4.79 Å². The number of pyridine rings is 1. The summed E-state index contributed by atoms with van der Waals surface area (Å²) in [6, 6.07) is 8.04. The molecular formula is C20H25N3O3. The number of aryl methyl sites for hydroxylation is 1. The Morgan fingerprint density at radius 2 is 2.12 bits per heavy atom. The van der Waals surface area contributed by atoms with Crippen LogP contribution in [0, 0.1) is 6.92 Å². The van der Waals surface area contributed by atoms with Gasteiger partial charge in [-0.25, -0.2) is 0 Å². The second kappa shape index (κ2) is 7.74. The Bertz CT molecular complexity index is 786.